The molecule has 0 unspecified atom stereocenters. The van der Waals surface area contributed by atoms with Gasteiger partial charge in [-0.1, -0.05) is 0 Å². The molecule has 0 radical (unpaired) electrons. The highest BCUT2D eigenvalue weighted by atomic mass is 19.4. The SMILES string of the molecule is Cn1ccc(C(=O)N(CCN)CC(F)(F)F)n1. The molecule has 5 nitrogen and oxygen atoms in total. The first-order valence-electron chi connectivity index (χ1n) is 4.89. The second kappa shape index (κ2) is 5.17. The normalized spacial score (nSPS) is 11.6. The summed E-state index contributed by atoms with van der Waals surface area (Å²) in [5.41, 5.74) is 5.16. The number of amides is 1. The molecule has 0 aliphatic rings. The Morgan fingerprint density at radius 3 is 2.65 bits per heavy atom. The molecule has 1 amide bonds. The van der Waals surface area contributed by atoms with Gasteiger partial charge in [-0.25, -0.2) is 0 Å². The van der Waals surface area contributed by atoms with Gasteiger partial charge in [-0.2, -0.15) is 18.3 Å². The highest BCUT2D eigenvalue weighted by Crippen LogP contribution is 2.17. The topological polar surface area (TPSA) is 64.2 Å². The van der Waals surface area contributed by atoms with Crippen molar-refractivity contribution < 1.29 is 18.0 Å². The van der Waals surface area contributed by atoms with Gasteiger partial charge in [0, 0.05) is 26.3 Å². The first-order valence-corrected chi connectivity index (χ1v) is 4.89. The van der Waals surface area contributed by atoms with E-state index in [1.54, 1.807) is 7.05 Å². The fourth-order valence-electron chi connectivity index (χ4n) is 1.32. The molecule has 0 saturated carbocycles. The molecule has 1 aromatic rings. The molecule has 96 valence electrons. The number of nitrogens with two attached hydrogens (primary N) is 1. The number of aryl methyl sites for hydroxylation is 1. The minimum atomic E-state index is -4.44. The van der Waals surface area contributed by atoms with E-state index in [0.717, 1.165) is 0 Å². The molecule has 1 rings (SSSR count). The molecule has 0 bridgehead atoms. The summed E-state index contributed by atoms with van der Waals surface area (Å²) in [6, 6.07) is 1.36. The molecule has 8 heteroatoms. The van der Waals surface area contributed by atoms with Gasteiger partial charge in [-0.05, 0) is 6.07 Å². The van der Waals surface area contributed by atoms with Gasteiger partial charge in [0.15, 0.2) is 0 Å². The molecular weight excluding hydrogens is 237 g/mol. The van der Waals surface area contributed by atoms with Crippen molar-refractivity contribution in [3.63, 3.8) is 0 Å². The van der Waals surface area contributed by atoms with Crippen LogP contribution in [0.25, 0.3) is 0 Å². The maximum absolute atomic E-state index is 12.3. The molecular formula is C9H13F3N4O. The summed E-state index contributed by atoms with van der Waals surface area (Å²) in [6.07, 6.45) is -2.96. The molecule has 0 aliphatic heterocycles. The van der Waals surface area contributed by atoms with Crippen molar-refractivity contribution in [1.29, 1.82) is 0 Å². The van der Waals surface area contributed by atoms with Gasteiger partial charge in [0.1, 0.15) is 12.2 Å². The minimum Gasteiger partial charge on any atom is -0.329 e. The van der Waals surface area contributed by atoms with E-state index < -0.39 is 18.6 Å². The van der Waals surface area contributed by atoms with Crippen molar-refractivity contribution in [3.8, 4) is 0 Å². The number of carbonyl (C=O) groups excluding carboxylic acids is 1. The Balaban J connectivity index is 2.80. The molecule has 0 spiro atoms. The van der Waals surface area contributed by atoms with Crippen LogP contribution in [0.5, 0.6) is 0 Å². The van der Waals surface area contributed by atoms with E-state index in [2.05, 4.69) is 5.10 Å². The largest absolute Gasteiger partial charge is 0.406 e. The Bertz CT molecular complexity index is 388. The van der Waals surface area contributed by atoms with Gasteiger partial charge < -0.3 is 10.6 Å². The van der Waals surface area contributed by atoms with Crippen molar-refractivity contribution >= 4 is 5.91 Å². The monoisotopic (exact) mass is 250 g/mol. The quantitative estimate of drug-likeness (QED) is 0.840. The van der Waals surface area contributed by atoms with Crippen molar-refractivity contribution in [2.45, 2.75) is 6.18 Å². The Kier molecular flexibility index (Phi) is 4.11. The molecule has 2 N–H and O–H groups in total. The van der Waals surface area contributed by atoms with Crippen LogP contribution in [0.15, 0.2) is 12.3 Å². The zero-order valence-electron chi connectivity index (χ0n) is 9.24. The van der Waals surface area contributed by atoms with Crippen LogP contribution in [-0.2, 0) is 7.05 Å². The number of alkyl halides is 3. The van der Waals surface area contributed by atoms with Crippen molar-refractivity contribution in [2.75, 3.05) is 19.6 Å². The Hall–Kier alpha value is -1.57. The maximum atomic E-state index is 12.3. The van der Waals surface area contributed by atoms with Gasteiger partial charge in [0.05, 0.1) is 0 Å². The second-order valence-electron chi connectivity index (χ2n) is 3.51. The first-order chi connectivity index (χ1) is 7.83. The van der Waals surface area contributed by atoms with Crippen molar-refractivity contribution in [2.24, 2.45) is 12.8 Å². The van der Waals surface area contributed by atoms with Crippen LogP contribution in [-0.4, -0.2) is 46.4 Å². The molecule has 1 heterocycles. The van der Waals surface area contributed by atoms with E-state index in [-0.39, 0.29) is 18.8 Å². The summed E-state index contributed by atoms with van der Waals surface area (Å²) in [7, 11) is 1.58. The van der Waals surface area contributed by atoms with E-state index in [0.29, 0.717) is 4.90 Å². The molecule has 0 aromatic carbocycles. The predicted molar refractivity (Wildman–Crippen MR) is 54.2 cm³/mol. The Labute approximate surface area is 96.0 Å². The van der Waals surface area contributed by atoms with Gasteiger partial charge in [0.25, 0.3) is 5.91 Å². The average molecular weight is 250 g/mol. The van der Waals surface area contributed by atoms with Gasteiger partial charge >= 0.3 is 6.18 Å². The van der Waals surface area contributed by atoms with E-state index >= 15 is 0 Å². The fraction of sp³-hybridized carbons (Fsp3) is 0.556. The van der Waals surface area contributed by atoms with Crippen LogP contribution < -0.4 is 5.73 Å². The number of rotatable bonds is 4. The molecule has 0 fully saturated rings. The number of hydrogen-bond donors (Lipinski definition) is 1. The predicted octanol–water partition coefficient (Wildman–Crippen LogP) is 0.383. The van der Waals surface area contributed by atoms with Gasteiger partial charge in [-0.3, -0.25) is 9.48 Å². The lowest BCUT2D eigenvalue weighted by Gasteiger charge is -2.22. The Morgan fingerprint density at radius 2 is 2.24 bits per heavy atom. The third-order valence-electron chi connectivity index (χ3n) is 1.99. The fourth-order valence-corrected chi connectivity index (χ4v) is 1.32. The lowest BCUT2D eigenvalue weighted by molar-refractivity contribution is -0.140. The van der Waals surface area contributed by atoms with E-state index in [9.17, 15) is 18.0 Å². The third kappa shape index (κ3) is 4.06. The molecule has 1 aromatic heterocycles. The van der Waals surface area contributed by atoms with Crippen LogP contribution in [0.4, 0.5) is 13.2 Å². The van der Waals surface area contributed by atoms with Crippen LogP contribution in [0.2, 0.25) is 0 Å². The molecule has 0 aliphatic carbocycles. The summed E-state index contributed by atoms with van der Waals surface area (Å²) < 4.78 is 38.1. The summed E-state index contributed by atoms with van der Waals surface area (Å²) >= 11 is 0. The van der Waals surface area contributed by atoms with Crippen molar-refractivity contribution in [3.05, 3.63) is 18.0 Å². The van der Waals surface area contributed by atoms with Crippen LogP contribution in [0.3, 0.4) is 0 Å². The smallest absolute Gasteiger partial charge is 0.329 e. The summed E-state index contributed by atoms with van der Waals surface area (Å²) in [5.74, 6) is -0.770. The Morgan fingerprint density at radius 1 is 1.59 bits per heavy atom. The zero-order chi connectivity index (χ0) is 13.1. The molecule has 17 heavy (non-hydrogen) atoms. The van der Waals surface area contributed by atoms with Gasteiger partial charge in [-0.15, -0.1) is 0 Å². The average Bonchev–Trinajstić information content (AvgIpc) is 2.61. The van der Waals surface area contributed by atoms with E-state index in [1.165, 1.54) is 16.9 Å². The highest BCUT2D eigenvalue weighted by molar-refractivity contribution is 5.92. The van der Waals surface area contributed by atoms with Crippen molar-refractivity contribution in [1.82, 2.24) is 14.7 Å². The summed E-state index contributed by atoms with van der Waals surface area (Å²) in [6.45, 7) is -1.51. The molecule has 0 saturated heterocycles. The van der Waals surface area contributed by atoms with Gasteiger partial charge in [0.2, 0.25) is 0 Å². The number of hydrogen-bond acceptors (Lipinski definition) is 3. The lowest BCUT2D eigenvalue weighted by Crippen LogP contribution is -2.42. The maximum Gasteiger partial charge on any atom is 0.406 e. The highest BCUT2D eigenvalue weighted by Gasteiger charge is 2.33. The minimum absolute atomic E-state index is 0.0230. The second-order valence-corrected chi connectivity index (χ2v) is 3.51. The zero-order valence-corrected chi connectivity index (χ0v) is 9.24. The standard InChI is InChI=1S/C9H13F3N4O/c1-15-4-2-7(14-15)8(17)16(5-3-13)6-9(10,11)12/h2,4H,3,5-6,13H2,1H3. The van der Waals surface area contributed by atoms with E-state index in [4.69, 9.17) is 5.73 Å². The summed E-state index contributed by atoms with van der Waals surface area (Å²) in [4.78, 5) is 12.4. The number of halogens is 3. The third-order valence-corrected chi connectivity index (χ3v) is 1.99. The number of carbonyl (C=O) groups is 1. The number of nitrogens with zero attached hydrogens (tertiary/aromatic N) is 3. The molecule has 0 atom stereocenters. The first kappa shape index (κ1) is 13.5. The lowest BCUT2D eigenvalue weighted by atomic mass is 10.3. The van der Waals surface area contributed by atoms with Crippen LogP contribution in [0.1, 0.15) is 10.5 Å². The van der Waals surface area contributed by atoms with Crippen LogP contribution >= 0.6 is 0 Å². The van der Waals surface area contributed by atoms with Crippen LogP contribution in [0, 0.1) is 0 Å². The number of aromatic nitrogens is 2. The summed E-state index contributed by atoms with van der Waals surface area (Å²) in [5, 5.41) is 3.76. The van der Waals surface area contributed by atoms with E-state index in [1.807, 2.05) is 0 Å².